The largest absolute Gasteiger partial charge is 0.497 e. The molecule has 0 spiro atoms. The van der Waals surface area contributed by atoms with E-state index in [1.54, 1.807) is 46.3 Å². The van der Waals surface area contributed by atoms with Gasteiger partial charge in [0.25, 0.3) is 0 Å². The summed E-state index contributed by atoms with van der Waals surface area (Å²) in [5.41, 5.74) is 15.5. The second-order valence-electron chi connectivity index (χ2n) is 31.2. The van der Waals surface area contributed by atoms with Gasteiger partial charge in [-0.15, -0.1) is 0 Å². The van der Waals surface area contributed by atoms with E-state index in [-0.39, 0.29) is 43.3 Å². The summed E-state index contributed by atoms with van der Waals surface area (Å²) >= 11 is 0. The molecule has 0 amide bonds. The van der Waals surface area contributed by atoms with Gasteiger partial charge in [0.05, 0.1) is 81.0 Å². The molecule has 7 aromatic rings. The molecule has 0 bridgehead atoms. The van der Waals surface area contributed by atoms with Crippen LogP contribution in [-0.2, 0) is 51.1 Å². The molecule has 4 aliphatic heterocycles. The van der Waals surface area contributed by atoms with E-state index < -0.39 is 28.9 Å². The summed E-state index contributed by atoms with van der Waals surface area (Å²) in [6, 6.07) is 24.5. The van der Waals surface area contributed by atoms with Crippen molar-refractivity contribution in [1.29, 1.82) is 0 Å². The lowest BCUT2D eigenvalue weighted by Crippen LogP contribution is -2.39. The van der Waals surface area contributed by atoms with Crippen LogP contribution in [0, 0.1) is 0 Å². The molecule has 0 radical (unpaired) electrons. The van der Waals surface area contributed by atoms with Crippen molar-refractivity contribution in [2.75, 3.05) is 87.6 Å². The number of rotatable bonds is 19. The Labute approximate surface area is 644 Å². The third kappa shape index (κ3) is 20.0. The number of nitrogens with two attached hydrogens (primary N) is 1. The first-order valence-corrected chi connectivity index (χ1v) is 39.6. The van der Waals surface area contributed by atoms with Crippen LogP contribution in [-0.4, -0.2) is 163 Å². The molecule has 21 heteroatoms. The fraction of sp³-hybridized carbons (Fsp3) is 0.523. The minimum Gasteiger partial charge on any atom is -0.497 e. The molecule has 3 N–H and O–H groups in total. The van der Waals surface area contributed by atoms with Crippen molar-refractivity contribution >= 4 is 69.2 Å². The molecule has 588 valence electrons. The van der Waals surface area contributed by atoms with Crippen molar-refractivity contribution in [3.63, 3.8) is 0 Å². The number of carbonyl (C=O) groups excluding carboxylic acids is 5. The van der Waals surface area contributed by atoms with E-state index in [4.69, 9.17) is 48.8 Å². The predicted molar refractivity (Wildman–Crippen MR) is 431 cm³/mol. The van der Waals surface area contributed by atoms with E-state index in [1.165, 1.54) is 62.6 Å². The molecule has 0 atom stereocenters. The van der Waals surface area contributed by atoms with Gasteiger partial charge in [-0.2, -0.15) is 5.10 Å². The Morgan fingerprint density at radius 2 is 1.06 bits per heavy atom. The average molecular weight is 1500 g/mol. The van der Waals surface area contributed by atoms with Gasteiger partial charge >= 0.3 is 23.9 Å². The molecule has 6 aliphatic rings. The summed E-state index contributed by atoms with van der Waals surface area (Å²) in [5, 5.41) is 7.05. The Hall–Kier alpha value is -8.86. The quantitative estimate of drug-likeness (QED) is 0.0146. The first-order chi connectivity index (χ1) is 52.4. The zero-order chi connectivity index (χ0) is 78.3. The van der Waals surface area contributed by atoms with Gasteiger partial charge in [0.15, 0.2) is 5.78 Å². The fourth-order valence-electron chi connectivity index (χ4n) is 15.9. The van der Waals surface area contributed by atoms with Gasteiger partial charge in [0.1, 0.15) is 33.8 Å². The number of Topliss-reactive ketones (excluding diaryl/α,β-unsaturated/α-hetero) is 1. The average Bonchev–Trinajstić information content (AvgIpc) is 1.58. The second kappa shape index (κ2) is 37.7. The number of allylic oxidation sites excluding steroid dienone is 2. The third-order valence-corrected chi connectivity index (χ3v) is 21.2. The molecule has 0 unspecified atom stereocenters. The van der Waals surface area contributed by atoms with Crippen LogP contribution in [0.25, 0.3) is 62.0 Å². The minimum absolute atomic E-state index is 0.0422. The summed E-state index contributed by atoms with van der Waals surface area (Å²) < 4.78 is 51.1. The minimum atomic E-state index is -0.667. The molecular formula is C88H118N8O13. The highest BCUT2D eigenvalue weighted by Gasteiger charge is 2.37. The number of methoxy groups -OCH3 is 2. The lowest BCUT2D eigenvalue weighted by Gasteiger charge is -2.25. The SMILES string of the molecule is CCN(CC)CC.CCOC(=O)C(=CN(C)C)C(=O)C1=Cc2cc(OC)ccc2-c2c(C3CCCCC3)c3ccc(C(=O)OC(C)(C)C)cc3n2C1.CCOC(=O)c1cnn(C2CCOCC2)c1C1=Cc2cc(OC)ccc2-c2c(C3CCCCC3)c3ccc(C(=O)OC(C)(C)C)cc3n2C1.NNC1CCOCC1. The number of benzene rings is 4. The summed E-state index contributed by atoms with van der Waals surface area (Å²) in [6.07, 6.45) is 22.5. The monoisotopic (exact) mass is 1490 g/mol. The number of hydrogen-bond acceptors (Lipinski definition) is 18. The number of ketones is 1. The highest BCUT2D eigenvalue weighted by atomic mass is 16.6. The number of fused-ring (bicyclic) bond motifs is 10. The van der Waals surface area contributed by atoms with Crippen LogP contribution in [0.4, 0.5) is 0 Å². The number of hydrazine groups is 1. The Bertz CT molecular complexity index is 4430. The van der Waals surface area contributed by atoms with Crippen LogP contribution in [0.1, 0.15) is 243 Å². The lowest BCUT2D eigenvalue weighted by molar-refractivity contribution is -0.139. The van der Waals surface area contributed by atoms with E-state index in [0.29, 0.717) is 65.6 Å². The van der Waals surface area contributed by atoms with Gasteiger partial charge in [0, 0.05) is 91.3 Å². The topological polar surface area (TPSA) is 231 Å². The molecule has 4 fully saturated rings. The van der Waals surface area contributed by atoms with E-state index in [9.17, 15) is 24.0 Å². The maximum absolute atomic E-state index is 14.3. The molecule has 21 nitrogen and oxygen atoms in total. The van der Waals surface area contributed by atoms with Gasteiger partial charge in [-0.3, -0.25) is 20.7 Å². The second-order valence-corrected chi connectivity index (χ2v) is 31.2. The normalized spacial score (nSPS) is 16.5. The van der Waals surface area contributed by atoms with Gasteiger partial charge in [0.2, 0.25) is 0 Å². The van der Waals surface area contributed by atoms with Gasteiger partial charge in [-0.25, -0.2) is 19.2 Å². The maximum atomic E-state index is 14.3. The summed E-state index contributed by atoms with van der Waals surface area (Å²) in [6.45, 7) is 29.0. The van der Waals surface area contributed by atoms with Crippen LogP contribution in [0.2, 0.25) is 0 Å². The molecule has 4 aromatic carbocycles. The highest BCUT2D eigenvalue weighted by Crippen LogP contribution is 2.50. The van der Waals surface area contributed by atoms with Crippen LogP contribution in [0.5, 0.6) is 11.5 Å². The Kier molecular flexibility index (Phi) is 28.6. The predicted octanol–water partition coefficient (Wildman–Crippen LogP) is 16.9. The van der Waals surface area contributed by atoms with Gasteiger partial charge in [-0.05, 0) is 239 Å². The van der Waals surface area contributed by atoms with Crippen LogP contribution in [0.15, 0.2) is 96.3 Å². The molecule has 13 rings (SSSR count). The number of carbonyl (C=O) groups is 5. The Morgan fingerprint density at radius 1 is 0.578 bits per heavy atom. The lowest BCUT2D eigenvalue weighted by atomic mass is 9.81. The molecule has 2 saturated heterocycles. The van der Waals surface area contributed by atoms with Crippen molar-refractivity contribution in [1.82, 2.24) is 34.1 Å². The maximum Gasteiger partial charge on any atom is 0.343 e. The number of nitrogens with zero attached hydrogens (tertiary/aromatic N) is 6. The molecular weight excluding hydrogens is 1380 g/mol. The number of esters is 4. The van der Waals surface area contributed by atoms with Crippen molar-refractivity contribution < 1.29 is 61.9 Å². The summed E-state index contributed by atoms with van der Waals surface area (Å²) in [7, 11) is 6.83. The summed E-state index contributed by atoms with van der Waals surface area (Å²) in [5.74, 6) is 5.14. The van der Waals surface area contributed by atoms with Crippen molar-refractivity contribution in [3.05, 3.63) is 141 Å². The van der Waals surface area contributed by atoms with Gasteiger partial charge in [-0.1, -0.05) is 71.4 Å². The number of aromatic nitrogens is 4. The third-order valence-electron chi connectivity index (χ3n) is 21.2. The molecule has 2 saturated carbocycles. The van der Waals surface area contributed by atoms with E-state index in [0.717, 1.165) is 150 Å². The number of nitrogens with one attached hydrogen (secondary N) is 1. The first-order valence-electron chi connectivity index (χ1n) is 39.6. The molecule has 109 heavy (non-hydrogen) atoms. The zero-order valence-corrected chi connectivity index (χ0v) is 67.3. The Morgan fingerprint density at radius 3 is 1.49 bits per heavy atom. The van der Waals surface area contributed by atoms with Gasteiger partial charge < -0.3 is 56.8 Å². The van der Waals surface area contributed by atoms with Crippen LogP contribution >= 0.6 is 0 Å². The highest BCUT2D eigenvalue weighted by molar-refractivity contribution is 6.25. The number of hydrogen-bond donors (Lipinski definition) is 2. The molecule has 7 heterocycles. The molecule has 3 aromatic heterocycles. The number of ether oxygens (including phenoxy) is 8. The summed E-state index contributed by atoms with van der Waals surface area (Å²) in [4.78, 5) is 71.6. The fourth-order valence-corrected chi connectivity index (χ4v) is 15.9. The smallest absolute Gasteiger partial charge is 0.343 e. The first kappa shape index (κ1) is 82.6. The van der Waals surface area contributed by atoms with E-state index in [1.807, 2.05) is 114 Å². The van der Waals surface area contributed by atoms with Crippen LogP contribution in [0.3, 0.4) is 0 Å². The van der Waals surface area contributed by atoms with E-state index >= 15 is 0 Å². The van der Waals surface area contributed by atoms with Crippen molar-refractivity contribution in [3.8, 4) is 34.0 Å². The van der Waals surface area contributed by atoms with Crippen LogP contribution < -0.4 is 20.7 Å². The van der Waals surface area contributed by atoms with E-state index in [2.05, 4.69) is 64.5 Å². The van der Waals surface area contributed by atoms with Crippen molar-refractivity contribution in [2.24, 2.45) is 5.84 Å². The zero-order valence-electron chi connectivity index (χ0n) is 67.3. The Balaban J connectivity index is 0.000000195. The molecule has 2 aliphatic carbocycles. The van der Waals surface area contributed by atoms with Crippen molar-refractivity contribution in [2.45, 2.75) is 214 Å². The standard InChI is InChI=1S/C40H47N3O6.C37H44N2O6.C6H15N.C5H12N2O/c1-6-48-39(45)33-23-41-43(29-16-18-47-19-17-29)36(33)28-20-27-21-30(46-5)13-15-31(27)37-35(25-10-8-7-9-11-25)32-14-12-26(22-34(32)42(37)24-28)38(44)49-40(2,3)4;1-8-44-36(42)30(22-38(5)6)34(40)26-18-25-19-27(43-7)15-17-28(25)33-32(23-12-10-9-11-13-23)29-16-14-24(20-31(29)39(33)21-26)35(41)45-37(2,3)4;1-4-7(5-2)6-3;6-7-5-1-3-8-4-2-5/h12-15,20-23,25,29H,6-11,16-19,24H2,1-5H3;14-20,22-23H,8-13,21H2,1-7H3;4-6H2,1-3H3;5,7H,1-4,6H2.